The number of carbonyl (C=O) groups is 3. The van der Waals surface area contributed by atoms with E-state index in [2.05, 4.69) is 26.1 Å². The van der Waals surface area contributed by atoms with Gasteiger partial charge in [-0.3, -0.25) is 4.79 Å². The Kier molecular flexibility index (Phi) is 8.10. The maximum atomic E-state index is 14.0. The lowest BCUT2D eigenvalue weighted by Gasteiger charge is -2.46. The number of hydrogen-bond donors (Lipinski definition) is 1. The predicted octanol–water partition coefficient (Wildman–Crippen LogP) is 6.16. The summed E-state index contributed by atoms with van der Waals surface area (Å²) in [7, 11) is 0. The minimum atomic E-state index is -1.52. The number of Topliss-reactive ketones (excluding diaryl/α,β-unsaturated/α-hetero) is 1. The molecule has 0 spiro atoms. The van der Waals surface area contributed by atoms with Crippen molar-refractivity contribution in [3.05, 3.63) is 59.2 Å². The Labute approximate surface area is 210 Å². The van der Waals surface area contributed by atoms with E-state index in [0.29, 0.717) is 5.57 Å². The van der Waals surface area contributed by atoms with E-state index in [1.54, 1.807) is 6.08 Å². The number of benzene rings is 1. The minimum Gasteiger partial charge on any atom is -0.445 e. The van der Waals surface area contributed by atoms with Crippen LogP contribution in [0.2, 0.25) is 0 Å². The maximum absolute atomic E-state index is 14.0. The molecule has 35 heavy (non-hydrogen) atoms. The van der Waals surface area contributed by atoms with Crippen LogP contribution in [0.3, 0.4) is 0 Å². The molecule has 0 saturated heterocycles. The fraction of sp³-hybridized carbons (Fsp3) is 0.552. The molecule has 1 aliphatic carbocycles. The van der Waals surface area contributed by atoms with Crippen LogP contribution in [0.4, 0.5) is 4.79 Å². The number of hydrogen-bond acceptors (Lipinski definition) is 5. The molecular weight excluding hydrogens is 442 g/mol. The molecular formula is C29H41NO5. The Morgan fingerprint density at radius 3 is 2.00 bits per heavy atom. The van der Waals surface area contributed by atoms with Crippen molar-refractivity contribution < 1.29 is 23.9 Å². The largest absolute Gasteiger partial charge is 0.445 e. The summed E-state index contributed by atoms with van der Waals surface area (Å²) in [5.74, 6) is -0.942. The summed E-state index contributed by atoms with van der Waals surface area (Å²) in [6.45, 7) is 19.4. The zero-order valence-corrected chi connectivity index (χ0v) is 22.9. The quantitative estimate of drug-likeness (QED) is 0.508. The molecule has 0 bridgehead atoms. The predicted molar refractivity (Wildman–Crippen MR) is 138 cm³/mol. The molecule has 2 unspecified atom stereocenters. The van der Waals surface area contributed by atoms with Gasteiger partial charge in [0, 0.05) is 11.0 Å². The Bertz CT molecular complexity index is 1020. The summed E-state index contributed by atoms with van der Waals surface area (Å²) >= 11 is 0. The third kappa shape index (κ3) is 6.62. The molecule has 1 amide bonds. The van der Waals surface area contributed by atoms with Crippen LogP contribution in [-0.4, -0.2) is 29.5 Å². The molecule has 0 radical (unpaired) electrons. The van der Waals surface area contributed by atoms with Crippen molar-refractivity contribution in [2.24, 2.45) is 16.2 Å². The van der Waals surface area contributed by atoms with Gasteiger partial charge < -0.3 is 14.8 Å². The van der Waals surface area contributed by atoms with Crippen LogP contribution < -0.4 is 5.32 Å². The molecule has 1 aromatic carbocycles. The molecule has 2 atom stereocenters. The third-order valence-electron chi connectivity index (χ3n) is 6.19. The molecule has 1 aromatic rings. The second-order valence-electron chi connectivity index (χ2n) is 12.3. The van der Waals surface area contributed by atoms with Gasteiger partial charge in [0.25, 0.3) is 0 Å². The Balaban J connectivity index is 2.32. The van der Waals surface area contributed by atoms with Gasteiger partial charge in [0.05, 0.1) is 0 Å². The van der Waals surface area contributed by atoms with Gasteiger partial charge in [-0.1, -0.05) is 98.7 Å². The number of esters is 1. The van der Waals surface area contributed by atoms with E-state index >= 15 is 0 Å². The highest BCUT2D eigenvalue weighted by Crippen LogP contribution is 2.47. The number of alkyl carbamates (subject to hydrolysis) is 1. The van der Waals surface area contributed by atoms with Crippen LogP contribution >= 0.6 is 0 Å². The summed E-state index contributed by atoms with van der Waals surface area (Å²) in [6, 6.07) is 8.24. The summed E-state index contributed by atoms with van der Waals surface area (Å²) < 4.78 is 11.3. The third-order valence-corrected chi connectivity index (χ3v) is 6.19. The van der Waals surface area contributed by atoms with Crippen LogP contribution in [0.1, 0.15) is 74.8 Å². The number of allylic oxidation sites excluding steroid dienone is 2. The van der Waals surface area contributed by atoms with E-state index in [1.807, 2.05) is 78.0 Å². The lowest BCUT2D eigenvalue weighted by atomic mass is 9.63. The first-order chi connectivity index (χ1) is 15.9. The van der Waals surface area contributed by atoms with E-state index < -0.39 is 34.5 Å². The highest BCUT2D eigenvalue weighted by atomic mass is 16.6. The Morgan fingerprint density at radius 2 is 1.51 bits per heavy atom. The van der Waals surface area contributed by atoms with Crippen molar-refractivity contribution in [1.29, 1.82) is 0 Å². The van der Waals surface area contributed by atoms with Gasteiger partial charge in [-0.05, 0) is 35.0 Å². The van der Waals surface area contributed by atoms with Crippen molar-refractivity contribution in [1.82, 2.24) is 5.32 Å². The van der Waals surface area contributed by atoms with Gasteiger partial charge in [-0.25, -0.2) is 9.59 Å². The lowest BCUT2D eigenvalue weighted by Crippen LogP contribution is -2.57. The lowest BCUT2D eigenvalue weighted by molar-refractivity contribution is -0.173. The number of amides is 1. The van der Waals surface area contributed by atoms with Crippen LogP contribution in [0.25, 0.3) is 0 Å². The van der Waals surface area contributed by atoms with Gasteiger partial charge in [-0.15, -0.1) is 0 Å². The van der Waals surface area contributed by atoms with E-state index in [9.17, 15) is 14.4 Å². The second kappa shape index (κ2) is 10.00. The van der Waals surface area contributed by atoms with Gasteiger partial charge in [-0.2, -0.15) is 0 Å². The summed E-state index contributed by atoms with van der Waals surface area (Å²) in [4.78, 5) is 39.5. The molecule has 1 aliphatic rings. The summed E-state index contributed by atoms with van der Waals surface area (Å²) in [5, 5.41) is 2.52. The monoisotopic (exact) mass is 483 g/mol. The highest BCUT2D eigenvalue weighted by Gasteiger charge is 2.55. The van der Waals surface area contributed by atoms with Crippen molar-refractivity contribution in [3.63, 3.8) is 0 Å². The average molecular weight is 484 g/mol. The van der Waals surface area contributed by atoms with Gasteiger partial charge in [0.2, 0.25) is 5.78 Å². The first kappa shape index (κ1) is 28.3. The maximum Gasteiger partial charge on any atom is 0.408 e. The molecule has 6 nitrogen and oxygen atoms in total. The molecule has 0 saturated carbocycles. The topological polar surface area (TPSA) is 81.7 Å². The summed E-state index contributed by atoms with van der Waals surface area (Å²) in [6.07, 6.45) is 2.99. The first-order valence-electron chi connectivity index (χ1n) is 12.1. The molecule has 1 N–H and O–H groups in total. The average Bonchev–Trinajstić information content (AvgIpc) is 2.71. The molecule has 0 fully saturated rings. The molecule has 0 aliphatic heterocycles. The zero-order valence-electron chi connectivity index (χ0n) is 22.9. The summed E-state index contributed by atoms with van der Waals surface area (Å²) in [5.41, 5.74) is -0.620. The smallest absolute Gasteiger partial charge is 0.408 e. The molecule has 0 aromatic heterocycles. The van der Waals surface area contributed by atoms with E-state index in [-0.39, 0.29) is 17.8 Å². The number of carbonyl (C=O) groups excluding carboxylic acids is 3. The Hall–Kier alpha value is -2.89. The zero-order chi connectivity index (χ0) is 26.8. The van der Waals surface area contributed by atoms with Crippen molar-refractivity contribution in [3.8, 4) is 0 Å². The van der Waals surface area contributed by atoms with E-state index in [1.165, 1.54) is 6.92 Å². The number of ether oxygens (including phenoxy) is 2. The number of nitrogens with one attached hydrogen (secondary N) is 1. The van der Waals surface area contributed by atoms with E-state index in [4.69, 9.17) is 9.47 Å². The Morgan fingerprint density at radius 1 is 0.943 bits per heavy atom. The van der Waals surface area contributed by atoms with Crippen LogP contribution in [0.15, 0.2) is 53.6 Å². The molecule has 2 rings (SSSR count). The van der Waals surface area contributed by atoms with Gasteiger partial charge in [0.1, 0.15) is 12.6 Å². The molecule has 6 heteroatoms. The van der Waals surface area contributed by atoms with Crippen LogP contribution in [0.5, 0.6) is 0 Å². The van der Waals surface area contributed by atoms with E-state index in [0.717, 1.165) is 11.1 Å². The minimum absolute atomic E-state index is 0.0796. The highest BCUT2D eigenvalue weighted by molar-refractivity contribution is 6.08. The standard InChI is InChI=1S/C29H41NO5/c1-19(30-25(33)34-18-20-14-12-11-13-15-20)24(32)35-29(28(8,9)10)17-21(26(2,3)4)16-22(23(29)31)27(5,6)7/h11-17,19H,18H2,1-10H3,(H,30,33). The van der Waals surface area contributed by atoms with Gasteiger partial charge in [0.15, 0.2) is 5.60 Å². The fourth-order valence-corrected chi connectivity index (χ4v) is 3.77. The fourth-order valence-electron chi connectivity index (χ4n) is 3.77. The van der Waals surface area contributed by atoms with Gasteiger partial charge >= 0.3 is 12.1 Å². The SMILES string of the molecule is CC(NC(=O)OCc1ccccc1)C(=O)OC1(C(C)(C)C)C=C(C(C)(C)C)C=C(C(C)(C)C)C1=O. The normalized spacial score (nSPS) is 19.9. The van der Waals surface area contributed by atoms with Crippen LogP contribution in [0, 0.1) is 16.2 Å². The molecule has 192 valence electrons. The molecule has 0 heterocycles. The first-order valence-corrected chi connectivity index (χ1v) is 12.1. The number of ketones is 1. The van der Waals surface area contributed by atoms with Crippen molar-refractivity contribution >= 4 is 17.8 Å². The van der Waals surface area contributed by atoms with Crippen LogP contribution in [-0.2, 0) is 25.7 Å². The van der Waals surface area contributed by atoms with Crippen molar-refractivity contribution in [2.45, 2.75) is 87.5 Å². The number of rotatable bonds is 5. The second-order valence-corrected chi connectivity index (χ2v) is 12.3. The van der Waals surface area contributed by atoms with Crippen molar-refractivity contribution in [2.75, 3.05) is 0 Å².